The number of para-hydroxylation sites is 1. The van der Waals surface area contributed by atoms with Gasteiger partial charge in [-0.1, -0.05) is 12.1 Å². The highest BCUT2D eigenvalue weighted by atomic mass is 16.3. The Morgan fingerprint density at radius 3 is 2.70 bits per heavy atom. The number of nitrogens with one attached hydrogen (secondary N) is 1. The van der Waals surface area contributed by atoms with Crippen molar-refractivity contribution in [1.82, 2.24) is 20.0 Å². The van der Waals surface area contributed by atoms with Crippen LogP contribution in [0.3, 0.4) is 0 Å². The van der Waals surface area contributed by atoms with Crippen molar-refractivity contribution in [2.45, 2.75) is 32.7 Å². The van der Waals surface area contributed by atoms with Gasteiger partial charge in [0.2, 0.25) is 5.91 Å². The molecule has 2 aromatic rings. The number of carbonyl (C=O) groups excluding carboxylic acids is 2. The lowest BCUT2D eigenvalue weighted by Gasteiger charge is -2.32. The molecule has 0 spiro atoms. The molecule has 1 atom stereocenters. The summed E-state index contributed by atoms with van der Waals surface area (Å²) in [6, 6.07) is 8.49. The molecule has 1 fully saturated rings. The molecule has 1 unspecified atom stereocenters. The van der Waals surface area contributed by atoms with Crippen LogP contribution in [0.15, 0.2) is 30.3 Å². The molecule has 1 aromatic carbocycles. The lowest BCUT2D eigenvalue weighted by atomic mass is 10.1. The highest BCUT2D eigenvalue weighted by Gasteiger charge is 2.37. The molecule has 1 aliphatic heterocycles. The van der Waals surface area contributed by atoms with E-state index in [-0.39, 0.29) is 29.0 Å². The average Bonchev–Trinajstić information content (AvgIpc) is 3.21. The van der Waals surface area contributed by atoms with Crippen LogP contribution in [0.4, 0.5) is 0 Å². The molecule has 144 valence electrons. The van der Waals surface area contributed by atoms with E-state index in [9.17, 15) is 14.7 Å². The second kappa shape index (κ2) is 7.06. The summed E-state index contributed by atoms with van der Waals surface area (Å²) in [6.07, 6.45) is 0.459. The smallest absolute Gasteiger partial charge is 0.271 e. The van der Waals surface area contributed by atoms with Crippen molar-refractivity contribution in [2.75, 3.05) is 20.1 Å². The minimum absolute atomic E-state index is 0.114. The first-order valence-electron chi connectivity index (χ1n) is 9.06. The van der Waals surface area contributed by atoms with Crippen LogP contribution in [0.2, 0.25) is 0 Å². The van der Waals surface area contributed by atoms with Gasteiger partial charge < -0.3 is 14.9 Å². The molecule has 0 bridgehead atoms. The molecular formula is C20H26N4O3. The second-order valence-electron chi connectivity index (χ2n) is 8.11. The fourth-order valence-electron chi connectivity index (χ4n) is 3.49. The van der Waals surface area contributed by atoms with Crippen LogP contribution in [-0.2, 0) is 4.79 Å². The first-order valence-corrected chi connectivity index (χ1v) is 9.06. The Labute approximate surface area is 159 Å². The zero-order valence-corrected chi connectivity index (χ0v) is 16.2. The lowest BCUT2D eigenvalue weighted by molar-refractivity contribution is -0.131. The van der Waals surface area contributed by atoms with Crippen molar-refractivity contribution in [3.8, 4) is 17.0 Å². The molecule has 1 aromatic heterocycles. The van der Waals surface area contributed by atoms with Gasteiger partial charge in [0.1, 0.15) is 11.4 Å². The van der Waals surface area contributed by atoms with Gasteiger partial charge in [0.25, 0.3) is 5.91 Å². The Kier molecular flexibility index (Phi) is 4.95. The van der Waals surface area contributed by atoms with Gasteiger partial charge >= 0.3 is 0 Å². The minimum Gasteiger partial charge on any atom is -0.507 e. The number of aromatic amines is 1. The van der Waals surface area contributed by atoms with Crippen molar-refractivity contribution in [3.63, 3.8) is 0 Å². The molecule has 0 saturated carbocycles. The van der Waals surface area contributed by atoms with Crippen LogP contribution in [-0.4, -0.2) is 62.6 Å². The summed E-state index contributed by atoms with van der Waals surface area (Å²) >= 11 is 0. The van der Waals surface area contributed by atoms with E-state index in [1.54, 1.807) is 42.3 Å². The first kappa shape index (κ1) is 18.9. The Hall–Kier alpha value is -2.83. The van der Waals surface area contributed by atoms with Gasteiger partial charge in [0.05, 0.1) is 5.69 Å². The molecule has 1 saturated heterocycles. The van der Waals surface area contributed by atoms with Gasteiger partial charge in [-0.25, -0.2) is 0 Å². The topological polar surface area (TPSA) is 89.5 Å². The maximum Gasteiger partial charge on any atom is 0.271 e. The molecular weight excluding hydrogens is 344 g/mol. The number of phenolic OH excluding ortho intramolecular Hbond substituents is 1. The van der Waals surface area contributed by atoms with E-state index in [0.717, 1.165) is 0 Å². The summed E-state index contributed by atoms with van der Waals surface area (Å²) in [4.78, 5) is 28.4. The molecule has 2 amide bonds. The number of amides is 2. The third-order valence-electron chi connectivity index (χ3n) is 4.88. The lowest BCUT2D eigenvalue weighted by Crippen LogP contribution is -2.43. The molecule has 2 heterocycles. The maximum absolute atomic E-state index is 12.7. The highest BCUT2D eigenvalue weighted by Crippen LogP contribution is 2.28. The van der Waals surface area contributed by atoms with Crippen LogP contribution in [0.25, 0.3) is 11.3 Å². The number of rotatable bonds is 4. The average molecular weight is 370 g/mol. The van der Waals surface area contributed by atoms with E-state index < -0.39 is 0 Å². The third-order valence-corrected chi connectivity index (χ3v) is 4.88. The molecule has 27 heavy (non-hydrogen) atoms. The molecule has 1 aliphatic rings. The van der Waals surface area contributed by atoms with Crippen LogP contribution in [0.1, 0.15) is 37.7 Å². The Bertz CT molecular complexity index is 853. The summed E-state index contributed by atoms with van der Waals surface area (Å²) in [5.74, 6) is 0.178. The predicted octanol–water partition coefficient (Wildman–Crippen LogP) is 2.50. The predicted molar refractivity (Wildman–Crippen MR) is 102 cm³/mol. The van der Waals surface area contributed by atoms with E-state index in [1.807, 2.05) is 25.7 Å². The Morgan fingerprint density at radius 2 is 2.07 bits per heavy atom. The van der Waals surface area contributed by atoms with Gasteiger partial charge in [-0.05, 0) is 39.0 Å². The Balaban J connectivity index is 1.67. The first-order chi connectivity index (χ1) is 12.7. The number of phenols is 1. The number of carbonyl (C=O) groups is 2. The van der Waals surface area contributed by atoms with Crippen molar-refractivity contribution in [1.29, 1.82) is 0 Å². The van der Waals surface area contributed by atoms with Crippen LogP contribution >= 0.6 is 0 Å². The molecule has 7 nitrogen and oxygen atoms in total. The van der Waals surface area contributed by atoms with E-state index in [1.165, 1.54) is 0 Å². The summed E-state index contributed by atoms with van der Waals surface area (Å²) < 4.78 is 0. The fraction of sp³-hybridized carbons (Fsp3) is 0.450. The zero-order valence-electron chi connectivity index (χ0n) is 16.2. The summed E-state index contributed by atoms with van der Waals surface area (Å²) in [6.45, 7) is 7.22. The SMILES string of the molecule is CN(CC1CC(=O)N(C(C)(C)C)C1)C(=O)c1cc(-c2ccccc2O)n[nH]1. The van der Waals surface area contributed by atoms with E-state index >= 15 is 0 Å². The third kappa shape index (κ3) is 3.97. The molecule has 2 N–H and O–H groups in total. The molecule has 7 heteroatoms. The maximum atomic E-state index is 12.7. The molecule has 0 radical (unpaired) electrons. The van der Waals surface area contributed by atoms with Gasteiger partial charge in [0.15, 0.2) is 0 Å². The van der Waals surface area contributed by atoms with E-state index in [4.69, 9.17) is 0 Å². The van der Waals surface area contributed by atoms with Crippen LogP contribution in [0.5, 0.6) is 5.75 Å². The van der Waals surface area contributed by atoms with Crippen LogP contribution < -0.4 is 0 Å². The standard InChI is InChI=1S/C20H26N4O3/c1-20(2,3)24-12-13(9-18(24)26)11-23(4)19(27)16-10-15(21-22-16)14-7-5-6-8-17(14)25/h5-8,10,13,25H,9,11-12H2,1-4H3,(H,21,22). The summed E-state index contributed by atoms with van der Waals surface area (Å²) in [5, 5.41) is 16.8. The zero-order chi connectivity index (χ0) is 19.8. The molecule has 3 rings (SSSR count). The number of aromatic hydroxyl groups is 1. The number of benzene rings is 1. The van der Waals surface area contributed by atoms with Gasteiger partial charge in [-0.15, -0.1) is 0 Å². The monoisotopic (exact) mass is 370 g/mol. The van der Waals surface area contributed by atoms with E-state index in [0.29, 0.717) is 36.5 Å². The number of nitrogens with zero attached hydrogens (tertiary/aromatic N) is 3. The summed E-state index contributed by atoms with van der Waals surface area (Å²) in [5.41, 5.74) is 1.23. The minimum atomic E-state index is -0.204. The van der Waals surface area contributed by atoms with Crippen molar-refractivity contribution >= 4 is 11.8 Å². The number of H-pyrrole nitrogens is 1. The number of aromatic nitrogens is 2. The Morgan fingerprint density at radius 1 is 1.37 bits per heavy atom. The quantitative estimate of drug-likeness (QED) is 0.865. The largest absolute Gasteiger partial charge is 0.507 e. The van der Waals surface area contributed by atoms with Crippen LogP contribution in [0, 0.1) is 5.92 Å². The van der Waals surface area contributed by atoms with Gasteiger partial charge in [0, 0.05) is 43.6 Å². The van der Waals surface area contributed by atoms with Crippen molar-refractivity contribution in [2.24, 2.45) is 5.92 Å². The normalized spacial score (nSPS) is 17.4. The molecule has 0 aliphatic carbocycles. The van der Waals surface area contributed by atoms with Crippen molar-refractivity contribution < 1.29 is 14.7 Å². The summed E-state index contributed by atoms with van der Waals surface area (Å²) in [7, 11) is 1.73. The number of hydrogen-bond acceptors (Lipinski definition) is 4. The fourth-order valence-corrected chi connectivity index (χ4v) is 3.49. The second-order valence-corrected chi connectivity index (χ2v) is 8.11. The van der Waals surface area contributed by atoms with E-state index in [2.05, 4.69) is 10.2 Å². The number of likely N-dealkylation sites (tertiary alicyclic amines) is 1. The van der Waals surface area contributed by atoms with Crippen molar-refractivity contribution in [3.05, 3.63) is 36.0 Å². The van der Waals surface area contributed by atoms with Gasteiger partial charge in [-0.3, -0.25) is 14.7 Å². The van der Waals surface area contributed by atoms with Gasteiger partial charge in [-0.2, -0.15) is 5.10 Å². The number of hydrogen-bond donors (Lipinski definition) is 2. The highest BCUT2D eigenvalue weighted by molar-refractivity contribution is 5.93.